The molecular weight excluding hydrogens is 1740 g/mol. The van der Waals surface area contributed by atoms with Gasteiger partial charge in [0.15, 0.2) is 17.3 Å². The number of Topliss-reactive ketones (excluding diaryl/α,β-unsaturated/α-hetero) is 3. The molecule has 6 atom stereocenters. The predicted molar refractivity (Wildman–Crippen MR) is 471 cm³/mol. The first-order chi connectivity index (χ1) is 57.2. The Kier molecular flexibility index (Phi) is 37.8. The van der Waals surface area contributed by atoms with Crippen LogP contribution < -0.4 is 37.2 Å². The molecule has 5 amide bonds. The van der Waals surface area contributed by atoms with Crippen LogP contribution in [0.2, 0.25) is 19.6 Å². The van der Waals surface area contributed by atoms with Crippen LogP contribution in [-0.2, 0) is 90.4 Å². The number of fused-ring (bicyclic) bond motifs is 3. The quantitative estimate of drug-likeness (QED) is 0.00640. The number of aliphatic carboxylic acids is 1. The highest BCUT2D eigenvalue weighted by Crippen LogP contribution is 2.48. The van der Waals surface area contributed by atoms with Crippen LogP contribution in [0.15, 0.2) is 164 Å². The molecule has 3 aliphatic heterocycles. The monoisotopic (exact) mass is 1850 g/mol. The van der Waals surface area contributed by atoms with Gasteiger partial charge in [-0.1, -0.05) is 111 Å². The van der Waals surface area contributed by atoms with Crippen LogP contribution in [0.5, 0.6) is 0 Å². The number of aryl methyl sites for hydroxylation is 3. The summed E-state index contributed by atoms with van der Waals surface area (Å²) in [6.07, 6.45) is 5.86. The molecule has 0 saturated carbocycles. The zero-order valence-electron chi connectivity index (χ0n) is 69.1. The summed E-state index contributed by atoms with van der Waals surface area (Å²) < 4.78 is 93.3. The largest absolute Gasteiger partial charge is 0.480 e. The fourth-order valence-corrected chi connectivity index (χ4v) is 16.8. The lowest BCUT2D eigenvalue weighted by atomic mass is 10.1. The number of nitrogens with zero attached hydrogens (tertiary/aromatic N) is 5. The van der Waals surface area contributed by atoms with Crippen molar-refractivity contribution >= 4 is 159 Å². The van der Waals surface area contributed by atoms with Gasteiger partial charge in [-0.15, -0.1) is 27.7 Å². The van der Waals surface area contributed by atoms with Crippen LogP contribution in [0.1, 0.15) is 121 Å². The predicted octanol–water partition coefficient (Wildman–Crippen LogP) is 11.6. The Morgan fingerprint density at radius 2 is 0.803 bits per heavy atom. The number of hydrogen-bond donors (Lipinski definition) is 9. The Labute approximate surface area is 721 Å². The number of carboxylic acid groups (broad SMARTS) is 1. The Morgan fingerprint density at radius 3 is 1.11 bits per heavy atom. The van der Waals surface area contributed by atoms with Gasteiger partial charge in [0.2, 0.25) is 29.5 Å². The maximum absolute atomic E-state index is 14.5. The topological polar surface area (TPSA) is 394 Å². The molecule has 0 radical (unpaired) electrons. The van der Waals surface area contributed by atoms with E-state index in [-0.39, 0.29) is 128 Å². The smallest absolute Gasteiger partial charge is 0.361 e. The fraction of sp³-hybridized carbons (Fsp3) is 0.400. The number of rotatable bonds is 31. The number of ketones is 3. The van der Waals surface area contributed by atoms with E-state index in [1.807, 2.05) is 78.9 Å². The third-order valence-electron chi connectivity index (χ3n) is 19.7. The maximum atomic E-state index is 14.5. The third kappa shape index (κ3) is 29.3. The number of carbonyl (C=O) groups is 9. The molecular formula is C85H107BrClF3N9O19P3Si. The molecule has 6 aromatic carbocycles. The molecule has 122 heavy (non-hydrogen) atoms. The third-order valence-corrected chi connectivity index (χ3v) is 23.7. The molecule has 37 heteroatoms. The second-order valence-corrected chi connectivity index (χ2v) is 46.9. The molecule has 28 nitrogen and oxygen atoms in total. The van der Waals surface area contributed by atoms with Crippen LogP contribution in [-0.4, -0.2) is 197 Å². The van der Waals surface area contributed by atoms with Gasteiger partial charge in [0, 0.05) is 113 Å². The normalized spacial score (nSPS) is 17.0. The highest BCUT2D eigenvalue weighted by molar-refractivity contribution is 9.26. The van der Waals surface area contributed by atoms with Gasteiger partial charge < -0.3 is 78.5 Å². The molecule has 0 unspecified atom stereocenters. The van der Waals surface area contributed by atoms with Crippen molar-refractivity contribution < 1.29 is 104 Å². The molecule has 12 rings (SSSR count). The lowest BCUT2D eigenvalue weighted by Gasteiger charge is -2.24. The number of halogens is 5. The molecule has 9 aromatic rings. The number of carbonyl (C=O) groups excluding carboxylic acids is 8. The van der Waals surface area contributed by atoms with Crippen LogP contribution in [0, 0.1) is 0 Å². The van der Waals surface area contributed by atoms with E-state index in [4.69, 9.17) is 23.9 Å². The standard InChI is InChI=1S/C30H37FN3O6P.C26H29FN3O6P.C14H19FN2O.C12H12NO6P.C3H9BrSi.ClH/c1-4-39-41(38,40-5-2)24-13-14-27-25(17-24)26(21(3)35)19-33(27)20-29(36)34-18-23(31)16-28(34)30(37)32-15-9-12-22-10-7-6-8-11-22;1-17(31)22-15-29(23-10-9-20(13-21(22)23)37(34,35)36)16-25(32)30-14-19(27)12-24(30)26(33)28-11-5-8-18-6-3-2-4-7-18;15-12-9-13(17-10-12)14(18)16-8-4-7-11-5-2-1-3-6-11;1-7(14)10-5-13(6-12(15)16)11-3-2-8(4-9(10)11)20(17,18)19;1-5(2,3)4;/h6-8,10-11,13-14,17,19,23,28H,4-5,9,12,15-16,18,20H2,1-3H3,(H,32,37);2-4,6-7,9-10,13,15,19,24H,5,8,11-12,14,16H2,1H3,(H,28,33)(H2,34,35,36);1-3,5-6,12-13,17H,4,7-10H2,(H,16,18);2-5H,6H2,1H3,(H,15,16)(H2,17,18,19);1-3H3;1H/t23-,28+;19-,24+;12-,13+;;;/m111.../s1. The van der Waals surface area contributed by atoms with E-state index in [0.717, 1.165) is 43.2 Å². The summed E-state index contributed by atoms with van der Waals surface area (Å²) in [6.45, 7) is 14.3. The van der Waals surface area contributed by atoms with Gasteiger partial charge in [-0.25, -0.2) is 13.2 Å². The number of aromatic nitrogens is 3. The average molecular weight is 1850 g/mol. The van der Waals surface area contributed by atoms with Crippen LogP contribution in [0.25, 0.3) is 32.7 Å². The number of nitrogens with one attached hydrogen (secondary N) is 4. The Balaban J connectivity index is 0.000000230. The first kappa shape index (κ1) is 100. The lowest BCUT2D eigenvalue weighted by molar-refractivity contribution is -0.138. The molecule has 0 bridgehead atoms. The molecule has 3 aromatic heterocycles. The van der Waals surface area contributed by atoms with E-state index in [9.17, 15) is 79.8 Å². The minimum absolute atomic E-state index is 0. The fourth-order valence-electron chi connectivity index (χ4n) is 14.1. The number of hydrogen-bond acceptors (Lipinski definition) is 15. The van der Waals surface area contributed by atoms with Crippen molar-refractivity contribution in [3.8, 4) is 0 Å². The van der Waals surface area contributed by atoms with Crippen molar-refractivity contribution in [2.75, 3.05) is 52.5 Å². The Morgan fingerprint density at radius 1 is 0.484 bits per heavy atom. The highest BCUT2D eigenvalue weighted by Gasteiger charge is 2.42. The second-order valence-electron chi connectivity index (χ2n) is 30.4. The summed E-state index contributed by atoms with van der Waals surface area (Å²) in [4.78, 5) is 151. The zero-order chi connectivity index (χ0) is 88.7. The Bertz CT molecular complexity index is 5270. The van der Waals surface area contributed by atoms with Gasteiger partial charge in [-0.2, -0.15) is 0 Å². The van der Waals surface area contributed by atoms with E-state index in [1.165, 1.54) is 94.1 Å². The number of alkyl halides is 3. The van der Waals surface area contributed by atoms with Crippen molar-refractivity contribution in [1.29, 1.82) is 0 Å². The Hall–Kier alpha value is -9.04. The van der Waals surface area contributed by atoms with E-state index in [0.29, 0.717) is 82.6 Å². The summed E-state index contributed by atoms with van der Waals surface area (Å²) in [5.74, 6) is -3.73. The van der Waals surface area contributed by atoms with Gasteiger partial charge in [-0.3, -0.25) is 56.8 Å². The van der Waals surface area contributed by atoms with Crippen molar-refractivity contribution in [1.82, 2.24) is 44.8 Å². The number of likely N-dealkylation sites (tertiary alicyclic amines) is 2. The zero-order valence-corrected chi connectivity index (χ0v) is 75.2. The van der Waals surface area contributed by atoms with E-state index in [2.05, 4.69) is 68.3 Å². The number of amides is 5. The minimum atomic E-state index is -4.55. The molecule has 9 N–H and O–H groups in total. The first-order valence-electron chi connectivity index (χ1n) is 39.7. The summed E-state index contributed by atoms with van der Waals surface area (Å²) >= 11 is 3.51. The van der Waals surface area contributed by atoms with Crippen molar-refractivity contribution in [2.45, 2.75) is 168 Å². The van der Waals surface area contributed by atoms with E-state index >= 15 is 0 Å². The molecule has 3 saturated heterocycles. The average Bonchev–Trinajstić information content (AvgIpc) is 1.59. The van der Waals surface area contributed by atoms with Gasteiger partial charge in [0.05, 0.1) is 48.3 Å². The SMILES string of the molecule is CC(=O)c1cn(CC(=O)N2C[C@H](F)C[C@H]2C(=O)NCCCc2ccccc2)c2ccc(P(=O)(O)O)cc12.CC(=O)c1cn(CC(=O)O)c2ccc(P(=O)(O)O)cc12.CCOP(=O)(OCC)c1ccc2c(c1)c(C(C)=O)cn2CC(=O)N1C[C@H](F)C[C@H]1C(=O)NCCCc1ccccc1.C[Si](C)(C)Br.Cl.O=C(NCCCc1ccccc1)[C@@H]1C[C@@H](F)CN1. The maximum Gasteiger partial charge on any atom is 0.361 e. The van der Waals surface area contributed by atoms with Crippen molar-refractivity contribution in [3.63, 3.8) is 0 Å². The second kappa shape index (κ2) is 46.1. The van der Waals surface area contributed by atoms with Crippen molar-refractivity contribution in [3.05, 3.63) is 198 Å². The lowest BCUT2D eigenvalue weighted by Crippen LogP contribution is -2.47. The summed E-state index contributed by atoms with van der Waals surface area (Å²) in [5, 5.41) is 21.2. The number of benzene rings is 6. The summed E-state index contributed by atoms with van der Waals surface area (Å²) in [5.41, 5.74) is 5.79. The van der Waals surface area contributed by atoms with E-state index in [1.54, 1.807) is 42.8 Å². The first-order valence-corrected chi connectivity index (χ1v) is 50.2. The van der Waals surface area contributed by atoms with Gasteiger partial charge in [0.1, 0.15) is 56.9 Å². The van der Waals surface area contributed by atoms with Gasteiger partial charge >= 0.3 is 28.8 Å². The van der Waals surface area contributed by atoms with Crippen molar-refractivity contribution in [2.24, 2.45) is 0 Å². The molecule has 660 valence electrons. The molecule has 0 aliphatic carbocycles. The molecule has 3 aliphatic rings. The van der Waals surface area contributed by atoms with Crippen LogP contribution in [0.4, 0.5) is 13.2 Å². The minimum Gasteiger partial charge on any atom is -0.480 e. The molecule has 6 heterocycles. The van der Waals surface area contributed by atoms with E-state index < -0.39 is 83.8 Å². The van der Waals surface area contributed by atoms with Crippen LogP contribution in [0.3, 0.4) is 0 Å². The molecule has 0 spiro atoms. The summed E-state index contributed by atoms with van der Waals surface area (Å²) in [7, 11) is -12.6. The van der Waals surface area contributed by atoms with Gasteiger partial charge in [0.25, 0.3) is 0 Å². The summed E-state index contributed by atoms with van der Waals surface area (Å²) in [6, 6.07) is 40.3. The van der Waals surface area contributed by atoms with Crippen LogP contribution >= 0.6 is 50.5 Å². The molecule has 3 fully saturated rings. The van der Waals surface area contributed by atoms with Gasteiger partial charge in [-0.05, 0) is 144 Å². The highest BCUT2D eigenvalue weighted by atomic mass is 79.9. The number of carboxylic acids is 1.